The Morgan fingerprint density at radius 3 is 2.62 bits per heavy atom. The third kappa shape index (κ3) is 5.96. The topological polar surface area (TPSA) is 86.7 Å². The summed E-state index contributed by atoms with van der Waals surface area (Å²) < 4.78 is 0.437. The van der Waals surface area contributed by atoms with Crippen LogP contribution in [0.15, 0.2) is 29.2 Å². The lowest BCUT2D eigenvalue weighted by molar-refractivity contribution is -0.137. The molecular formula is C18H20N2O4S2. The summed E-state index contributed by atoms with van der Waals surface area (Å²) in [5.41, 5.74) is 2.07. The van der Waals surface area contributed by atoms with Crippen molar-refractivity contribution < 1.29 is 19.5 Å². The van der Waals surface area contributed by atoms with Gasteiger partial charge in [0.05, 0.1) is 4.91 Å². The van der Waals surface area contributed by atoms with Gasteiger partial charge in [0.15, 0.2) is 0 Å². The van der Waals surface area contributed by atoms with Gasteiger partial charge < -0.3 is 10.4 Å². The molecule has 1 aromatic carbocycles. The van der Waals surface area contributed by atoms with Crippen LogP contribution in [-0.4, -0.2) is 45.2 Å². The normalized spacial score (nSPS) is 15.6. The van der Waals surface area contributed by atoms with Crippen LogP contribution in [0, 0.1) is 6.92 Å². The zero-order valence-corrected chi connectivity index (χ0v) is 16.0. The summed E-state index contributed by atoms with van der Waals surface area (Å²) in [5.74, 6) is -1.32. The van der Waals surface area contributed by atoms with Crippen molar-refractivity contribution in [1.29, 1.82) is 0 Å². The van der Waals surface area contributed by atoms with E-state index in [1.54, 1.807) is 6.08 Å². The quantitative estimate of drug-likeness (QED) is 0.402. The highest BCUT2D eigenvalue weighted by Gasteiger charge is 2.31. The SMILES string of the molecule is Cc1ccc(/C=C2/SC(=S)N(CCC(=O)NCCCC(=O)O)C2=O)cc1. The first kappa shape index (κ1) is 20.1. The van der Waals surface area contributed by atoms with E-state index in [-0.39, 0.29) is 31.2 Å². The molecule has 26 heavy (non-hydrogen) atoms. The Morgan fingerprint density at radius 1 is 1.27 bits per heavy atom. The number of carbonyl (C=O) groups excluding carboxylic acids is 2. The van der Waals surface area contributed by atoms with Crippen molar-refractivity contribution in [2.45, 2.75) is 26.2 Å². The predicted molar refractivity (Wildman–Crippen MR) is 106 cm³/mol. The molecule has 138 valence electrons. The second-order valence-corrected chi connectivity index (χ2v) is 7.52. The number of benzene rings is 1. The molecule has 0 atom stereocenters. The molecule has 0 bridgehead atoms. The molecule has 0 unspecified atom stereocenters. The lowest BCUT2D eigenvalue weighted by atomic mass is 10.1. The Morgan fingerprint density at radius 2 is 1.96 bits per heavy atom. The number of thiocarbonyl (C=S) groups is 1. The van der Waals surface area contributed by atoms with Gasteiger partial charge in [-0.05, 0) is 25.0 Å². The van der Waals surface area contributed by atoms with Gasteiger partial charge in [0, 0.05) is 25.9 Å². The van der Waals surface area contributed by atoms with Gasteiger partial charge in [0.1, 0.15) is 4.32 Å². The van der Waals surface area contributed by atoms with E-state index < -0.39 is 5.97 Å². The van der Waals surface area contributed by atoms with Crippen LogP contribution in [0.25, 0.3) is 6.08 Å². The molecule has 1 heterocycles. The van der Waals surface area contributed by atoms with E-state index >= 15 is 0 Å². The summed E-state index contributed by atoms with van der Waals surface area (Å²) in [6, 6.07) is 7.82. The van der Waals surface area contributed by atoms with Gasteiger partial charge in [-0.1, -0.05) is 53.8 Å². The van der Waals surface area contributed by atoms with Crippen molar-refractivity contribution in [2.24, 2.45) is 0 Å². The van der Waals surface area contributed by atoms with E-state index in [1.165, 1.54) is 16.7 Å². The van der Waals surface area contributed by atoms with E-state index in [2.05, 4.69) is 5.32 Å². The maximum absolute atomic E-state index is 12.5. The number of hydrogen-bond donors (Lipinski definition) is 2. The van der Waals surface area contributed by atoms with Gasteiger partial charge in [-0.2, -0.15) is 0 Å². The zero-order valence-electron chi connectivity index (χ0n) is 14.4. The summed E-state index contributed by atoms with van der Waals surface area (Å²) in [6.07, 6.45) is 2.31. The van der Waals surface area contributed by atoms with Gasteiger partial charge in [-0.15, -0.1) is 0 Å². The lowest BCUT2D eigenvalue weighted by Gasteiger charge is -2.14. The lowest BCUT2D eigenvalue weighted by Crippen LogP contribution is -2.33. The number of nitrogens with one attached hydrogen (secondary N) is 1. The first-order chi connectivity index (χ1) is 12.4. The third-order valence-corrected chi connectivity index (χ3v) is 5.08. The number of aliphatic carboxylic acids is 1. The molecule has 1 aromatic rings. The molecule has 0 spiro atoms. The van der Waals surface area contributed by atoms with Gasteiger partial charge >= 0.3 is 5.97 Å². The number of nitrogens with zero attached hydrogens (tertiary/aromatic N) is 1. The number of carboxylic acid groups (broad SMARTS) is 1. The largest absolute Gasteiger partial charge is 0.481 e. The molecular weight excluding hydrogens is 372 g/mol. The van der Waals surface area contributed by atoms with Crippen molar-refractivity contribution in [3.63, 3.8) is 0 Å². The number of carboxylic acids is 1. The molecule has 1 saturated heterocycles. The maximum Gasteiger partial charge on any atom is 0.303 e. The van der Waals surface area contributed by atoms with Crippen molar-refractivity contribution >= 4 is 52.2 Å². The highest BCUT2D eigenvalue weighted by Crippen LogP contribution is 2.32. The fraction of sp³-hybridized carbons (Fsp3) is 0.333. The van der Waals surface area contributed by atoms with Crippen LogP contribution in [-0.2, 0) is 14.4 Å². The molecule has 0 saturated carbocycles. The molecule has 1 aliphatic rings. The summed E-state index contributed by atoms with van der Waals surface area (Å²) >= 11 is 6.48. The van der Waals surface area contributed by atoms with Crippen LogP contribution in [0.5, 0.6) is 0 Å². The van der Waals surface area contributed by atoms with Crippen molar-refractivity contribution in [3.05, 3.63) is 40.3 Å². The summed E-state index contributed by atoms with van der Waals surface area (Å²) in [5, 5.41) is 11.2. The van der Waals surface area contributed by atoms with E-state index in [4.69, 9.17) is 17.3 Å². The average molecular weight is 393 g/mol. The highest BCUT2D eigenvalue weighted by molar-refractivity contribution is 8.26. The number of rotatable bonds is 8. The molecule has 0 aromatic heterocycles. The van der Waals surface area contributed by atoms with E-state index in [0.29, 0.717) is 22.2 Å². The second kappa shape index (κ2) is 9.49. The zero-order chi connectivity index (χ0) is 19.1. The van der Waals surface area contributed by atoms with Crippen LogP contribution >= 0.6 is 24.0 Å². The summed E-state index contributed by atoms with van der Waals surface area (Å²) in [6.45, 7) is 2.51. The Labute approximate surface area is 161 Å². The number of hydrogen-bond acceptors (Lipinski definition) is 5. The van der Waals surface area contributed by atoms with Gasteiger partial charge in [0.2, 0.25) is 5.91 Å². The molecule has 2 N–H and O–H groups in total. The van der Waals surface area contributed by atoms with Crippen LogP contribution in [0.4, 0.5) is 0 Å². The first-order valence-electron chi connectivity index (χ1n) is 8.17. The van der Waals surface area contributed by atoms with Crippen LogP contribution in [0.2, 0.25) is 0 Å². The highest BCUT2D eigenvalue weighted by atomic mass is 32.2. The minimum absolute atomic E-state index is 0.0127. The average Bonchev–Trinajstić information content (AvgIpc) is 2.85. The number of thioether (sulfide) groups is 1. The van der Waals surface area contributed by atoms with E-state index in [0.717, 1.165) is 11.1 Å². The second-order valence-electron chi connectivity index (χ2n) is 5.84. The molecule has 6 nitrogen and oxygen atoms in total. The Hall–Kier alpha value is -2.19. The number of aryl methyl sites for hydroxylation is 1. The summed E-state index contributed by atoms with van der Waals surface area (Å²) in [7, 11) is 0. The maximum atomic E-state index is 12.5. The molecule has 1 aliphatic heterocycles. The molecule has 0 radical (unpaired) electrons. The van der Waals surface area contributed by atoms with E-state index in [9.17, 15) is 14.4 Å². The molecule has 0 aliphatic carbocycles. The monoisotopic (exact) mass is 392 g/mol. The fourth-order valence-electron chi connectivity index (χ4n) is 2.28. The fourth-order valence-corrected chi connectivity index (χ4v) is 3.58. The minimum Gasteiger partial charge on any atom is -0.481 e. The number of carbonyl (C=O) groups is 3. The van der Waals surface area contributed by atoms with Gasteiger partial charge in [0.25, 0.3) is 5.91 Å². The van der Waals surface area contributed by atoms with Crippen LogP contribution in [0.1, 0.15) is 30.4 Å². The third-order valence-electron chi connectivity index (χ3n) is 3.70. The van der Waals surface area contributed by atoms with Crippen LogP contribution in [0.3, 0.4) is 0 Å². The smallest absolute Gasteiger partial charge is 0.303 e. The van der Waals surface area contributed by atoms with Gasteiger partial charge in [-0.25, -0.2) is 0 Å². The van der Waals surface area contributed by atoms with Gasteiger partial charge in [-0.3, -0.25) is 19.3 Å². The Kier molecular flexibility index (Phi) is 7.35. The Balaban J connectivity index is 1.85. The van der Waals surface area contributed by atoms with E-state index in [1.807, 2.05) is 31.2 Å². The van der Waals surface area contributed by atoms with Crippen molar-refractivity contribution in [1.82, 2.24) is 10.2 Å². The predicted octanol–water partition coefficient (Wildman–Crippen LogP) is 2.57. The molecule has 2 amide bonds. The van der Waals surface area contributed by atoms with Crippen molar-refractivity contribution in [3.8, 4) is 0 Å². The number of amides is 2. The molecule has 2 rings (SSSR count). The summed E-state index contributed by atoms with van der Waals surface area (Å²) in [4.78, 5) is 36.7. The molecule has 8 heteroatoms. The van der Waals surface area contributed by atoms with Crippen molar-refractivity contribution in [2.75, 3.05) is 13.1 Å². The first-order valence-corrected chi connectivity index (χ1v) is 9.40. The molecule has 1 fully saturated rings. The minimum atomic E-state index is -0.892. The van der Waals surface area contributed by atoms with Crippen LogP contribution < -0.4 is 5.32 Å². The Bertz CT molecular complexity index is 744. The standard InChI is InChI=1S/C18H20N2O4S2/c1-12-4-6-13(7-5-12)11-14-17(24)20(18(25)26-14)10-8-15(21)19-9-2-3-16(22)23/h4-7,11H,2-3,8-10H2,1H3,(H,19,21)(H,22,23)/b14-11+.